The van der Waals surface area contributed by atoms with E-state index in [1.807, 2.05) is 0 Å². The third kappa shape index (κ3) is 4.84. The van der Waals surface area contributed by atoms with E-state index in [1.165, 1.54) is 6.92 Å². The lowest BCUT2D eigenvalue weighted by atomic mass is 10.1. The summed E-state index contributed by atoms with van der Waals surface area (Å²) in [6, 6.07) is 7.01. The highest BCUT2D eigenvalue weighted by Crippen LogP contribution is 2.23. The topological polar surface area (TPSA) is 75.7 Å². The first kappa shape index (κ1) is 18.4. The van der Waals surface area contributed by atoms with Crippen molar-refractivity contribution in [2.24, 2.45) is 0 Å². The maximum Gasteiger partial charge on any atom is 0.243 e. The van der Waals surface area contributed by atoms with Crippen LogP contribution in [-0.2, 0) is 9.59 Å². The molecule has 1 aliphatic carbocycles. The lowest BCUT2D eigenvalue weighted by molar-refractivity contribution is -0.138. The molecule has 1 aromatic carbocycles. The van der Waals surface area contributed by atoms with Gasteiger partial charge in [0.1, 0.15) is 11.8 Å². The number of nitrogens with zero attached hydrogens (tertiary/aromatic N) is 1. The van der Waals surface area contributed by atoms with Crippen LogP contribution in [0.4, 0.5) is 0 Å². The molecule has 2 fully saturated rings. The molecule has 26 heavy (non-hydrogen) atoms. The van der Waals surface area contributed by atoms with Crippen LogP contribution in [0.2, 0.25) is 0 Å². The van der Waals surface area contributed by atoms with E-state index in [4.69, 9.17) is 4.74 Å². The molecule has 1 saturated heterocycles. The Labute approximate surface area is 153 Å². The Morgan fingerprint density at radius 1 is 1.15 bits per heavy atom. The molecule has 140 valence electrons. The summed E-state index contributed by atoms with van der Waals surface area (Å²) in [5.41, 5.74) is 0.650. The predicted molar refractivity (Wildman–Crippen MR) is 97.1 cm³/mol. The first-order valence-corrected chi connectivity index (χ1v) is 9.38. The van der Waals surface area contributed by atoms with Crippen molar-refractivity contribution < 1.29 is 19.1 Å². The fourth-order valence-corrected chi connectivity index (χ4v) is 3.21. The van der Waals surface area contributed by atoms with E-state index in [1.54, 1.807) is 29.2 Å². The lowest BCUT2D eigenvalue weighted by Crippen LogP contribution is -2.46. The summed E-state index contributed by atoms with van der Waals surface area (Å²) in [5.74, 6) is 0.729. The molecule has 0 spiro atoms. The molecule has 2 aliphatic rings. The third-order valence-corrected chi connectivity index (χ3v) is 4.86. The molecule has 1 aromatic rings. The normalized spacial score (nSPS) is 19.3. The van der Waals surface area contributed by atoms with E-state index >= 15 is 0 Å². The van der Waals surface area contributed by atoms with Crippen LogP contribution in [0.3, 0.4) is 0 Å². The molecular formula is C20H26N2O4. The van der Waals surface area contributed by atoms with Gasteiger partial charge in [-0.05, 0) is 63.3 Å². The third-order valence-electron chi connectivity index (χ3n) is 4.86. The molecule has 6 heteroatoms. The number of Topliss-reactive ketones (excluding diaryl/α,β-unsaturated/α-hetero) is 1. The fourth-order valence-electron chi connectivity index (χ4n) is 3.21. The highest BCUT2D eigenvalue weighted by molar-refractivity contribution is 5.94. The van der Waals surface area contributed by atoms with Crippen LogP contribution in [-0.4, -0.2) is 47.7 Å². The Hall–Kier alpha value is -2.37. The number of hydrogen-bond donors (Lipinski definition) is 1. The SMILES string of the molecule is CC(=O)c1ccc(OCCCC(=O)N2CCCC2C(=O)NC2CC2)cc1. The molecule has 1 heterocycles. The van der Waals surface area contributed by atoms with Gasteiger partial charge in [0.25, 0.3) is 0 Å². The summed E-state index contributed by atoms with van der Waals surface area (Å²) in [4.78, 5) is 37.7. The molecule has 1 saturated carbocycles. The van der Waals surface area contributed by atoms with E-state index in [-0.39, 0.29) is 23.6 Å². The van der Waals surface area contributed by atoms with Crippen molar-refractivity contribution >= 4 is 17.6 Å². The predicted octanol–water partition coefficient (Wildman–Crippen LogP) is 2.32. The molecule has 6 nitrogen and oxygen atoms in total. The maximum atomic E-state index is 12.4. The first-order chi connectivity index (χ1) is 12.5. The summed E-state index contributed by atoms with van der Waals surface area (Å²) >= 11 is 0. The van der Waals surface area contributed by atoms with Gasteiger partial charge in [0.2, 0.25) is 11.8 Å². The summed E-state index contributed by atoms with van der Waals surface area (Å²) in [6.07, 6.45) is 4.71. The molecule has 2 amide bonds. The van der Waals surface area contributed by atoms with Crippen LogP contribution in [0.15, 0.2) is 24.3 Å². The van der Waals surface area contributed by atoms with Crippen molar-refractivity contribution in [2.45, 2.75) is 57.5 Å². The molecule has 0 radical (unpaired) electrons. The van der Waals surface area contributed by atoms with Gasteiger partial charge < -0.3 is 15.0 Å². The molecule has 3 rings (SSSR count). The molecule has 1 atom stereocenters. The number of rotatable bonds is 8. The Morgan fingerprint density at radius 3 is 2.54 bits per heavy atom. The van der Waals surface area contributed by atoms with E-state index < -0.39 is 0 Å². The number of likely N-dealkylation sites (tertiary alicyclic amines) is 1. The van der Waals surface area contributed by atoms with Gasteiger partial charge in [-0.25, -0.2) is 0 Å². The summed E-state index contributed by atoms with van der Waals surface area (Å²) < 4.78 is 5.63. The first-order valence-electron chi connectivity index (χ1n) is 9.38. The van der Waals surface area contributed by atoms with Gasteiger partial charge in [-0.1, -0.05) is 0 Å². The van der Waals surface area contributed by atoms with E-state index in [0.29, 0.717) is 43.3 Å². The summed E-state index contributed by atoms with van der Waals surface area (Å²) in [5, 5.41) is 3.00. The van der Waals surface area contributed by atoms with Crippen LogP contribution in [0, 0.1) is 0 Å². The standard InChI is InChI=1S/C20H26N2O4/c1-14(23)15-6-10-17(11-7-15)26-13-3-5-19(24)22-12-2-4-18(22)20(25)21-16-8-9-16/h6-7,10-11,16,18H,2-5,8-9,12-13H2,1H3,(H,21,25). The molecule has 0 bridgehead atoms. The van der Waals surface area contributed by atoms with Crippen LogP contribution in [0.25, 0.3) is 0 Å². The monoisotopic (exact) mass is 358 g/mol. The van der Waals surface area contributed by atoms with Crippen molar-refractivity contribution in [2.75, 3.05) is 13.2 Å². The number of amides is 2. The number of ketones is 1. The molecule has 0 aromatic heterocycles. The quantitative estimate of drug-likeness (QED) is 0.572. The average Bonchev–Trinajstić information content (AvgIpc) is 3.30. The summed E-state index contributed by atoms with van der Waals surface area (Å²) in [7, 11) is 0. The minimum atomic E-state index is -0.303. The second-order valence-corrected chi connectivity index (χ2v) is 7.06. The van der Waals surface area contributed by atoms with Gasteiger partial charge in [-0.3, -0.25) is 14.4 Å². The zero-order chi connectivity index (χ0) is 18.5. The number of benzene rings is 1. The Balaban J connectivity index is 1.40. The average molecular weight is 358 g/mol. The fraction of sp³-hybridized carbons (Fsp3) is 0.550. The van der Waals surface area contributed by atoms with Gasteiger partial charge in [0, 0.05) is 24.6 Å². The Bertz CT molecular complexity index is 667. The number of carbonyl (C=O) groups is 3. The van der Waals surface area contributed by atoms with Gasteiger partial charge >= 0.3 is 0 Å². The Kier molecular flexibility index (Phi) is 5.91. The van der Waals surface area contributed by atoms with Crippen LogP contribution < -0.4 is 10.1 Å². The second-order valence-electron chi connectivity index (χ2n) is 7.06. The Morgan fingerprint density at radius 2 is 1.88 bits per heavy atom. The van der Waals surface area contributed by atoms with Crippen molar-refractivity contribution in [1.82, 2.24) is 10.2 Å². The number of nitrogens with one attached hydrogen (secondary N) is 1. The van der Waals surface area contributed by atoms with E-state index in [2.05, 4.69) is 5.32 Å². The largest absolute Gasteiger partial charge is 0.494 e. The number of hydrogen-bond acceptors (Lipinski definition) is 4. The number of ether oxygens (including phenoxy) is 1. The van der Waals surface area contributed by atoms with Crippen LogP contribution >= 0.6 is 0 Å². The van der Waals surface area contributed by atoms with Gasteiger partial charge in [0.15, 0.2) is 5.78 Å². The van der Waals surface area contributed by atoms with Gasteiger partial charge in [0.05, 0.1) is 6.61 Å². The van der Waals surface area contributed by atoms with Crippen molar-refractivity contribution in [3.05, 3.63) is 29.8 Å². The molecule has 1 unspecified atom stereocenters. The zero-order valence-corrected chi connectivity index (χ0v) is 15.2. The summed E-state index contributed by atoms with van der Waals surface area (Å²) in [6.45, 7) is 2.62. The van der Waals surface area contributed by atoms with Gasteiger partial charge in [-0.2, -0.15) is 0 Å². The lowest BCUT2D eigenvalue weighted by Gasteiger charge is -2.24. The molecule has 1 N–H and O–H groups in total. The number of carbonyl (C=O) groups excluding carboxylic acids is 3. The smallest absolute Gasteiger partial charge is 0.243 e. The van der Waals surface area contributed by atoms with Crippen molar-refractivity contribution in [3.8, 4) is 5.75 Å². The van der Waals surface area contributed by atoms with Crippen LogP contribution in [0.1, 0.15) is 55.8 Å². The minimum absolute atomic E-state index is 0.000149. The zero-order valence-electron chi connectivity index (χ0n) is 15.2. The molecule has 1 aliphatic heterocycles. The highest BCUT2D eigenvalue weighted by atomic mass is 16.5. The van der Waals surface area contributed by atoms with Gasteiger partial charge in [-0.15, -0.1) is 0 Å². The second kappa shape index (κ2) is 8.34. The van der Waals surface area contributed by atoms with Crippen LogP contribution in [0.5, 0.6) is 5.75 Å². The van der Waals surface area contributed by atoms with Crippen molar-refractivity contribution in [3.63, 3.8) is 0 Å². The minimum Gasteiger partial charge on any atom is -0.494 e. The highest BCUT2D eigenvalue weighted by Gasteiger charge is 2.36. The van der Waals surface area contributed by atoms with E-state index in [0.717, 1.165) is 25.7 Å². The maximum absolute atomic E-state index is 12.4. The molecular weight excluding hydrogens is 332 g/mol. The van der Waals surface area contributed by atoms with E-state index in [9.17, 15) is 14.4 Å². The van der Waals surface area contributed by atoms with Crippen molar-refractivity contribution in [1.29, 1.82) is 0 Å².